The van der Waals surface area contributed by atoms with Gasteiger partial charge in [-0.25, -0.2) is 0 Å². The quantitative estimate of drug-likeness (QED) is 0.380. The number of carbonyl (C=O) groups excluding carboxylic acids is 3. The second-order valence-corrected chi connectivity index (χ2v) is 9.04. The fourth-order valence-corrected chi connectivity index (χ4v) is 4.38. The smallest absolute Gasteiger partial charge is 0.303 e. The number of hydrogen-bond acceptors (Lipinski definition) is 7. The summed E-state index contributed by atoms with van der Waals surface area (Å²) in [7, 11) is 0. The van der Waals surface area contributed by atoms with Gasteiger partial charge in [0, 0.05) is 32.2 Å². The minimum atomic E-state index is -0.872. The Morgan fingerprint density at radius 3 is 2.20 bits per heavy atom. The normalized spacial score (nSPS) is 21.7. The van der Waals surface area contributed by atoms with Gasteiger partial charge in [-0.3, -0.25) is 14.4 Å². The summed E-state index contributed by atoms with van der Waals surface area (Å²) in [4.78, 5) is 35.1. The monoisotopic (exact) mass is 502 g/mol. The molecule has 3 rings (SSSR count). The van der Waals surface area contributed by atoms with E-state index in [4.69, 9.17) is 30.5 Å². The molecule has 0 N–H and O–H groups in total. The molecule has 4 atom stereocenters. The molecule has 1 aliphatic heterocycles. The lowest BCUT2D eigenvalue weighted by atomic mass is 9.91. The highest BCUT2D eigenvalue weighted by molar-refractivity contribution is 6.31. The van der Waals surface area contributed by atoms with Crippen LogP contribution in [0.25, 0.3) is 0 Å². The molecule has 0 aromatic heterocycles. The molecule has 0 radical (unpaired) electrons. The first kappa shape index (κ1) is 26.7. The zero-order chi connectivity index (χ0) is 25.5. The maximum absolute atomic E-state index is 11.9. The molecule has 188 valence electrons. The second-order valence-electron chi connectivity index (χ2n) is 8.64. The van der Waals surface area contributed by atoms with Crippen molar-refractivity contribution in [2.24, 2.45) is 0 Å². The molecule has 7 nitrogen and oxygen atoms in total. The van der Waals surface area contributed by atoms with E-state index >= 15 is 0 Å². The van der Waals surface area contributed by atoms with Crippen LogP contribution < -0.4 is 0 Å². The van der Waals surface area contributed by atoms with Crippen LogP contribution in [-0.2, 0) is 46.2 Å². The van der Waals surface area contributed by atoms with Crippen molar-refractivity contribution < 1.29 is 33.3 Å². The van der Waals surface area contributed by atoms with Crippen LogP contribution >= 0.6 is 11.6 Å². The van der Waals surface area contributed by atoms with Gasteiger partial charge >= 0.3 is 17.9 Å². The summed E-state index contributed by atoms with van der Waals surface area (Å²) in [5.74, 6) is -1.48. The number of carbonyl (C=O) groups is 3. The van der Waals surface area contributed by atoms with Crippen LogP contribution in [0.3, 0.4) is 0 Å². The summed E-state index contributed by atoms with van der Waals surface area (Å²) in [5.41, 5.74) is 3.95. The van der Waals surface area contributed by atoms with Gasteiger partial charge in [0.05, 0.1) is 6.10 Å². The minimum Gasteiger partial charge on any atom is -0.463 e. The molecular weight excluding hydrogens is 472 g/mol. The Kier molecular flexibility index (Phi) is 9.29. The first-order chi connectivity index (χ1) is 16.7. The highest BCUT2D eigenvalue weighted by Gasteiger charge is 2.44. The number of halogens is 1. The van der Waals surface area contributed by atoms with E-state index < -0.39 is 42.3 Å². The Morgan fingerprint density at radius 2 is 1.60 bits per heavy atom. The average molecular weight is 503 g/mol. The molecule has 0 aliphatic carbocycles. The van der Waals surface area contributed by atoms with Crippen LogP contribution in [0, 0.1) is 0 Å². The van der Waals surface area contributed by atoms with Gasteiger partial charge in [0.1, 0.15) is 18.8 Å². The number of esters is 3. The van der Waals surface area contributed by atoms with E-state index in [1.807, 2.05) is 6.07 Å². The maximum atomic E-state index is 11.9. The van der Waals surface area contributed by atoms with Crippen molar-refractivity contribution in [1.29, 1.82) is 0 Å². The van der Waals surface area contributed by atoms with E-state index in [9.17, 15) is 14.4 Å². The van der Waals surface area contributed by atoms with Crippen LogP contribution in [0.1, 0.15) is 62.5 Å². The van der Waals surface area contributed by atoms with Crippen LogP contribution in [0.15, 0.2) is 42.5 Å². The highest BCUT2D eigenvalue weighted by Crippen LogP contribution is 2.37. The number of ether oxygens (including phenoxy) is 4. The van der Waals surface area contributed by atoms with Crippen LogP contribution in [0.5, 0.6) is 0 Å². The number of rotatable bonds is 8. The predicted molar refractivity (Wildman–Crippen MR) is 130 cm³/mol. The average Bonchev–Trinajstić information content (AvgIpc) is 2.80. The van der Waals surface area contributed by atoms with Crippen LogP contribution in [0.4, 0.5) is 0 Å². The Hall–Kier alpha value is -2.90. The van der Waals surface area contributed by atoms with E-state index in [2.05, 4.69) is 31.2 Å². The second kappa shape index (κ2) is 12.2. The SMILES string of the molecule is CCc1ccc(Cc2cc([C@@H]3O[C@H](COC(C)=O)C[C@H](OC(C)=O)[C@H]3OC(C)=O)ccc2Cl)cc1. The van der Waals surface area contributed by atoms with E-state index in [-0.39, 0.29) is 13.0 Å². The fourth-order valence-electron chi connectivity index (χ4n) is 4.19. The molecule has 0 saturated carbocycles. The lowest BCUT2D eigenvalue weighted by Gasteiger charge is -2.40. The van der Waals surface area contributed by atoms with Gasteiger partial charge in [-0.1, -0.05) is 54.9 Å². The molecule has 0 amide bonds. The maximum Gasteiger partial charge on any atom is 0.303 e. The number of benzene rings is 2. The van der Waals surface area contributed by atoms with E-state index in [1.54, 1.807) is 12.1 Å². The molecule has 1 fully saturated rings. The molecule has 1 saturated heterocycles. The van der Waals surface area contributed by atoms with Gasteiger partial charge in [0.25, 0.3) is 0 Å². The third kappa shape index (κ3) is 7.54. The standard InChI is InChI=1S/C27H31ClO7/c1-5-19-6-8-20(9-7-19)12-22-13-21(10-11-24(22)28)26-27(34-18(4)31)25(33-17(3)30)14-23(35-26)15-32-16(2)29/h6-11,13,23,25-27H,5,12,14-15H2,1-4H3/t23-,25-,26-,27+/m0/s1. The van der Waals surface area contributed by atoms with Crippen molar-refractivity contribution in [3.63, 3.8) is 0 Å². The summed E-state index contributed by atoms with van der Waals surface area (Å²) >= 11 is 6.52. The molecule has 2 aromatic rings. The van der Waals surface area contributed by atoms with E-state index in [0.29, 0.717) is 17.0 Å². The number of aryl methyl sites for hydroxylation is 1. The van der Waals surface area contributed by atoms with Crippen molar-refractivity contribution in [2.45, 2.75) is 71.4 Å². The molecule has 1 aliphatic rings. The first-order valence-corrected chi connectivity index (χ1v) is 12.0. The topological polar surface area (TPSA) is 88.1 Å². The van der Waals surface area contributed by atoms with Gasteiger partial charge in [-0.05, 0) is 41.2 Å². The van der Waals surface area contributed by atoms with Gasteiger partial charge in [0.2, 0.25) is 0 Å². The fraction of sp³-hybridized carbons (Fsp3) is 0.444. The van der Waals surface area contributed by atoms with Crippen LogP contribution in [-0.4, -0.2) is 42.8 Å². The Morgan fingerprint density at radius 1 is 0.943 bits per heavy atom. The summed E-state index contributed by atoms with van der Waals surface area (Å²) in [6, 6.07) is 13.8. The highest BCUT2D eigenvalue weighted by atomic mass is 35.5. The lowest BCUT2D eigenvalue weighted by molar-refractivity contribution is -0.214. The first-order valence-electron chi connectivity index (χ1n) is 11.7. The number of hydrogen-bond donors (Lipinski definition) is 0. The molecular formula is C27H31ClO7. The van der Waals surface area contributed by atoms with Crippen molar-refractivity contribution in [1.82, 2.24) is 0 Å². The minimum absolute atomic E-state index is 0.0133. The summed E-state index contributed by atoms with van der Waals surface area (Å²) in [5, 5.41) is 0.598. The third-order valence-electron chi connectivity index (χ3n) is 5.82. The molecule has 35 heavy (non-hydrogen) atoms. The largest absolute Gasteiger partial charge is 0.463 e. The molecule has 0 spiro atoms. The summed E-state index contributed by atoms with van der Waals surface area (Å²) < 4.78 is 22.5. The van der Waals surface area contributed by atoms with E-state index in [0.717, 1.165) is 17.5 Å². The summed E-state index contributed by atoms with van der Waals surface area (Å²) in [6.07, 6.45) is -1.17. The zero-order valence-electron chi connectivity index (χ0n) is 20.4. The van der Waals surface area contributed by atoms with Crippen molar-refractivity contribution in [2.75, 3.05) is 6.61 Å². The Labute approximate surface area is 210 Å². The van der Waals surface area contributed by atoms with E-state index in [1.165, 1.54) is 26.3 Å². The van der Waals surface area contributed by atoms with Gasteiger partial charge in [0.15, 0.2) is 6.10 Å². The summed E-state index contributed by atoms with van der Waals surface area (Å²) in [6.45, 7) is 5.99. The Bertz CT molecular complexity index is 1050. The molecule has 8 heteroatoms. The zero-order valence-corrected chi connectivity index (χ0v) is 21.2. The molecule has 0 unspecified atom stereocenters. The lowest BCUT2D eigenvalue weighted by Crippen LogP contribution is -2.49. The molecule has 0 bridgehead atoms. The Balaban J connectivity index is 1.94. The predicted octanol–water partition coefficient (Wildman–Crippen LogP) is 4.75. The van der Waals surface area contributed by atoms with Gasteiger partial charge in [-0.2, -0.15) is 0 Å². The molecule has 2 aromatic carbocycles. The van der Waals surface area contributed by atoms with Crippen molar-refractivity contribution >= 4 is 29.5 Å². The van der Waals surface area contributed by atoms with Gasteiger partial charge in [-0.15, -0.1) is 0 Å². The van der Waals surface area contributed by atoms with Crippen molar-refractivity contribution in [3.05, 3.63) is 69.7 Å². The van der Waals surface area contributed by atoms with Crippen molar-refractivity contribution in [3.8, 4) is 0 Å². The third-order valence-corrected chi connectivity index (χ3v) is 6.18. The van der Waals surface area contributed by atoms with Gasteiger partial charge < -0.3 is 18.9 Å². The molecule has 1 heterocycles. The van der Waals surface area contributed by atoms with Crippen LogP contribution in [0.2, 0.25) is 5.02 Å².